The van der Waals surface area contributed by atoms with Gasteiger partial charge >= 0.3 is 0 Å². The maximum absolute atomic E-state index is 5.81. The number of ether oxygens (including phenoxy) is 1. The van der Waals surface area contributed by atoms with Gasteiger partial charge in [-0.3, -0.25) is 0 Å². The van der Waals surface area contributed by atoms with Crippen LogP contribution in [-0.4, -0.2) is 19.8 Å². The molecule has 0 saturated carbocycles. The average molecular weight is 185 g/mol. The van der Waals surface area contributed by atoms with Crippen LogP contribution in [0, 0.1) is 11.3 Å². The van der Waals surface area contributed by atoms with Crippen LogP contribution in [0.5, 0.6) is 0 Å². The van der Waals surface area contributed by atoms with E-state index in [0.29, 0.717) is 5.41 Å². The molecule has 13 heavy (non-hydrogen) atoms. The van der Waals surface area contributed by atoms with Crippen LogP contribution in [0.2, 0.25) is 0 Å². The molecule has 2 nitrogen and oxygen atoms in total. The molecule has 0 aliphatic carbocycles. The van der Waals surface area contributed by atoms with Gasteiger partial charge in [0, 0.05) is 18.6 Å². The zero-order valence-corrected chi connectivity index (χ0v) is 9.01. The molecular weight excluding hydrogens is 162 g/mol. The molecule has 0 aromatic carbocycles. The Balaban J connectivity index is 2.23. The summed E-state index contributed by atoms with van der Waals surface area (Å²) < 4.78 is 5.43. The van der Waals surface area contributed by atoms with E-state index in [1.54, 1.807) is 0 Å². The molecule has 0 spiro atoms. The molecule has 1 fully saturated rings. The molecule has 1 unspecified atom stereocenters. The lowest BCUT2D eigenvalue weighted by atomic mass is 9.81. The van der Waals surface area contributed by atoms with Crippen molar-refractivity contribution >= 4 is 0 Å². The van der Waals surface area contributed by atoms with E-state index in [-0.39, 0.29) is 0 Å². The van der Waals surface area contributed by atoms with Crippen molar-refractivity contribution in [2.45, 2.75) is 39.5 Å². The van der Waals surface area contributed by atoms with Crippen molar-refractivity contribution < 1.29 is 4.74 Å². The Labute approximate surface area is 81.8 Å². The predicted molar refractivity (Wildman–Crippen MR) is 55.6 cm³/mol. The van der Waals surface area contributed by atoms with Crippen molar-refractivity contribution in [1.82, 2.24) is 0 Å². The van der Waals surface area contributed by atoms with Gasteiger partial charge in [-0.15, -0.1) is 0 Å². The molecule has 0 aromatic rings. The first-order chi connectivity index (χ1) is 6.18. The molecule has 1 heterocycles. The molecule has 1 aliphatic heterocycles. The first kappa shape index (κ1) is 11.0. The summed E-state index contributed by atoms with van der Waals surface area (Å²) in [5.41, 5.74) is 6.13. The maximum atomic E-state index is 5.81. The summed E-state index contributed by atoms with van der Waals surface area (Å²) in [7, 11) is 0. The lowest BCUT2D eigenvalue weighted by molar-refractivity contribution is 0.147. The quantitative estimate of drug-likeness (QED) is 0.712. The van der Waals surface area contributed by atoms with Crippen LogP contribution in [0.15, 0.2) is 0 Å². The van der Waals surface area contributed by atoms with Crippen molar-refractivity contribution in [1.29, 1.82) is 0 Å². The van der Waals surface area contributed by atoms with E-state index >= 15 is 0 Å². The molecule has 0 aromatic heterocycles. The van der Waals surface area contributed by atoms with E-state index in [2.05, 4.69) is 13.8 Å². The van der Waals surface area contributed by atoms with E-state index in [1.165, 1.54) is 25.7 Å². The van der Waals surface area contributed by atoms with Gasteiger partial charge in [-0.1, -0.05) is 26.7 Å². The summed E-state index contributed by atoms with van der Waals surface area (Å²) in [6.45, 7) is 7.16. The third-order valence-corrected chi connectivity index (χ3v) is 3.11. The van der Waals surface area contributed by atoms with Gasteiger partial charge in [-0.25, -0.2) is 0 Å². The Morgan fingerprint density at radius 1 is 1.46 bits per heavy atom. The molecule has 2 heteroatoms. The normalized spacial score (nSPS) is 28.6. The van der Waals surface area contributed by atoms with Crippen LogP contribution in [0.3, 0.4) is 0 Å². The molecule has 1 rings (SSSR count). The Hall–Kier alpha value is -0.0800. The highest BCUT2D eigenvalue weighted by Gasteiger charge is 2.32. The SMILES string of the molecule is CC(C)CCCC1(CN)CCOC1. The monoisotopic (exact) mass is 185 g/mol. The summed E-state index contributed by atoms with van der Waals surface area (Å²) in [6.07, 6.45) is 5.04. The highest BCUT2D eigenvalue weighted by molar-refractivity contribution is 4.83. The molecule has 0 amide bonds. The standard InChI is InChI=1S/C11H23NO/c1-10(2)4-3-5-11(8-12)6-7-13-9-11/h10H,3-9,12H2,1-2H3. The van der Waals surface area contributed by atoms with Gasteiger partial charge < -0.3 is 10.5 Å². The lowest BCUT2D eigenvalue weighted by Gasteiger charge is -2.25. The predicted octanol–water partition coefficient (Wildman–Crippen LogP) is 2.18. The summed E-state index contributed by atoms with van der Waals surface area (Å²) >= 11 is 0. The lowest BCUT2D eigenvalue weighted by Crippen LogP contribution is -2.30. The van der Waals surface area contributed by atoms with E-state index < -0.39 is 0 Å². The second kappa shape index (κ2) is 4.97. The van der Waals surface area contributed by atoms with Gasteiger partial charge in [0.2, 0.25) is 0 Å². The summed E-state index contributed by atoms with van der Waals surface area (Å²) in [6, 6.07) is 0. The smallest absolute Gasteiger partial charge is 0.0535 e. The molecule has 2 N–H and O–H groups in total. The van der Waals surface area contributed by atoms with Gasteiger partial charge in [0.05, 0.1) is 6.61 Å². The summed E-state index contributed by atoms with van der Waals surface area (Å²) in [5, 5.41) is 0. The first-order valence-electron chi connectivity index (χ1n) is 5.46. The van der Waals surface area contributed by atoms with Crippen LogP contribution in [0.4, 0.5) is 0 Å². The van der Waals surface area contributed by atoms with Gasteiger partial charge in [0.1, 0.15) is 0 Å². The molecule has 1 aliphatic rings. The van der Waals surface area contributed by atoms with E-state index in [4.69, 9.17) is 10.5 Å². The van der Waals surface area contributed by atoms with Crippen LogP contribution in [0.25, 0.3) is 0 Å². The molecule has 1 saturated heterocycles. The van der Waals surface area contributed by atoms with E-state index in [1.807, 2.05) is 0 Å². The number of rotatable bonds is 5. The minimum atomic E-state index is 0.328. The minimum absolute atomic E-state index is 0.328. The Kier molecular flexibility index (Phi) is 4.20. The third-order valence-electron chi connectivity index (χ3n) is 3.11. The van der Waals surface area contributed by atoms with Gasteiger partial charge in [0.25, 0.3) is 0 Å². The zero-order chi connectivity index (χ0) is 9.73. The van der Waals surface area contributed by atoms with Crippen molar-refractivity contribution in [3.05, 3.63) is 0 Å². The summed E-state index contributed by atoms with van der Waals surface area (Å²) in [4.78, 5) is 0. The fraction of sp³-hybridized carbons (Fsp3) is 1.00. The van der Waals surface area contributed by atoms with Gasteiger partial charge in [-0.2, -0.15) is 0 Å². The van der Waals surface area contributed by atoms with Crippen LogP contribution < -0.4 is 5.73 Å². The number of nitrogens with two attached hydrogens (primary N) is 1. The molecule has 0 bridgehead atoms. The Morgan fingerprint density at radius 2 is 2.23 bits per heavy atom. The highest BCUT2D eigenvalue weighted by Crippen LogP contribution is 2.33. The fourth-order valence-electron chi connectivity index (χ4n) is 2.00. The highest BCUT2D eigenvalue weighted by atomic mass is 16.5. The van der Waals surface area contributed by atoms with Crippen LogP contribution in [0.1, 0.15) is 39.5 Å². The summed E-state index contributed by atoms with van der Waals surface area (Å²) in [5.74, 6) is 0.817. The van der Waals surface area contributed by atoms with E-state index in [9.17, 15) is 0 Å². The molecule has 0 radical (unpaired) electrons. The van der Waals surface area contributed by atoms with Crippen molar-refractivity contribution in [3.63, 3.8) is 0 Å². The largest absolute Gasteiger partial charge is 0.381 e. The van der Waals surface area contributed by atoms with E-state index in [0.717, 1.165) is 25.7 Å². The number of hydrogen-bond acceptors (Lipinski definition) is 2. The second-order valence-electron chi connectivity index (χ2n) is 4.79. The van der Waals surface area contributed by atoms with Crippen molar-refractivity contribution in [3.8, 4) is 0 Å². The van der Waals surface area contributed by atoms with Gasteiger partial charge in [-0.05, 0) is 18.8 Å². The van der Waals surface area contributed by atoms with Gasteiger partial charge in [0.15, 0.2) is 0 Å². The Bertz CT molecular complexity index is 139. The Morgan fingerprint density at radius 3 is 2.69 bits per heavy atom. The van der Waals surface area contributed by atoms with Crippen molar-refractivity contribution in [2.24, 2.45) is 17.1 Å². The van der Waals surface area contributed by atoms with Crippen LogP contribution in [-0.2, 0) is 4.74 Å². The topological polar surface area (TPSA) is 35.2 Å². The zero-order valence-electron chi connectivity index (χ0n) is 9.01. The first-order valence-corrected chi connectivity index (χ1v) is 5.46. The third kappa shape index (κ3) is 3.28. The molecule has 78 valence electrons. The number of hydrogen-bond donors (Lipinski definition) is 1. The van der Waals surface area contributed by atoms with Crippen molar-refractivity contribution in [2.75, 3.05) is 19.8 Å². The fourth-order valence-corrected chi connectivity index (χ4v) is 2.00. The maximum Gasteiger partial charge on any atom is 0.0535 e. The average Bonchev–Trinajstić information content (AvgIpc) is 2.53. The molecular formula is C11H23NO. The second-order valence-corrected chi connectivity index (χ2v) is 4.79. The minimum Gasteiger partial charge on any atom is -0.381 e. The molecule has 1 atom stereocenters. The van der Waals surface area contributed by atoms with Crippen LogP contribution >= 0.6 is 0 Å².